The molecule has 0 unspecified atom stereocenters. The van der Waals surface area contributed by atoms with Gasteiger partial charge < -0.3 is 9.15 Å². The van der Waals surface area contributed by atoms with Crippen molar-refractivity contribution in [3.8, 4) is 5.75 Å². The number of rotatable bonds is 7. The summed E-state index contributed by atoms with van der Waals surface area (Å²) in [6.45, 7) is 0.455. The third-order valence-corrected chi connectivity index (χ3v) is 4.44. The summed E-state index contributed by atoms with van der Waals surface area (Å²) in [6.07, 6.45) is 0.598. The fraction of sp³-hybridized carbons (Fsp3) is 0.333. The summed E-state index contributed by atoms with van der Waals surface area (Å²) in [4.78, 5) is 24.3. The van der Waals surface area contributed by atoms with Gasteiger partial charge in [0.1, 0.15) is 5.75 Å². The van der Waals surface area contributed by atoms with Crippen LogP contribution in [0, 0.1) is 0 Å². The normalized spacial score (nSPS) is 14.5. The van der Waals surface area contributed by atoms with Gasteiger partial charge >= 0.3 is 0 Å². The molecule has 1 aliphatic rings. The number of carbonyl (C=O) groups excluding carboxylic acids is 2. The molecule has 1 aliphatic heterocycles. The van der Waals surface area contributed by atoms with E-state index in [0.717, 1.165) is 0 Å². The van der Waals surface area contributed by atoms with Crippen LogP contribution in [-0.2, 0) is 16.2 Å². The summed E-state index contributed by atoms with van der Waals surface area (Å²) < 4.78 is 11.0. The van der Waals surface area contributed by atoms with Crippen molar-refractivity contribution in [1.82, 2.24) is 15.1 Å². The predicted octanol–water partition coefficient (Wildman–Crippen LogP) is 2.54. The SMILES string of the molecule is O=C1CCC(=O)N1CCSc1nnc(COc2ccccc2Cl)o1. The molecular weight excluding hydrogens is 354 g/mol. The Balaban J connectivity index is 1.46. The van der Waals surface area contributed by atoms with E-state index in [-0.39, 0.29) is 18.4 Å². The highest BCUT2D eigenvalue weighted by Gasteiger charge is 2.28. The minimum absolute atomic E-state index is 0.111. The Bertz CT molecular complexity index is 736. The zero-order valence-electron chi connectivity index (χ0n) is 12.6. The third-order valence-electron chi connectivity index (χ3n) is 3.33. The van der Waals surface area contributed by atoms with Crippen LogP contribution >= 0.6 is 23.4 Å². The first-order valence-corrected chi connectivity index (χ1v) is 8.65. The van der Waals surface area contributed by atoms with Gasteiger partial charge in [-0.15, -0.1) is 10.2 Å². The number of benzene rings is 1. The van der Waals surface area contributed by atoms with Crippen LogP contribution in [0.3, 0.4) is 0 Å². The number of imide groups is 1. The molecule has 1 fully saturated rings. The number of hydrogen-bond donors (Lipinski definition) is 0. The molecule has 2 aromatic rings. The number of para-hydroxylation sites is 1. The van der Waals surface area contributed by atoms with Crippen LogP contribution in [-0.4, -0.2) is 39.2 Å². The lowest BCUT2D eigenvalue weighted by atomic mass is 10.3. The minimum Gasteiger partial charge on any atom is -0.482 e. The van der Waals surface area contributed by atoms with Crippen molar-refractivity contribution in [2.24, 2.45) is 0 Å². The Labute approximate surface area is 147 Å². The molecule has 0 radical (unpaired) electrons. The van der Waals surface area contributed by atoms with E-state index in [0.29, 0.717) is 47.0 Å². The van der Waals surface area contributed by atoms with Crippen molar-refractivity contribution in [3.05, 3.63) is 35.2 Å². The topological polar surface area (TPSA) is 85.5 Å². The van der Waals surface area contributed by atoms with E-state index in [2.05, 4.69) is 10.2 Å². The summed E-state index contributed by atoms with van der Waals surface area (Å²) in [5.74, 6) is 1.12. The standard InChI is InChI=1S/C15H14ClN3O4S/c16-10-3-1-2-4-11(10)22-9-12-17-18-15(23-12)24-8-7-19-13(20)5-6-14(19)21/h1-4H,5-9H2. The fourth-order valence-electron chi connectivity index (χ4n) is 2.15. The molecule has 3 rings (SSSR count). The van der Waals surface area contributed by atoms with Gasteiger partial charge in [-0.25, -0.2) is 0 Å². The number of nitrogens with zero attached hydrogens (tertiary/aromatic N) is 3. The van der Waals surface area contributed by atoms with Crippen LogP contribution in [0.2, 0.25) is 5.02 Å². The van der Waals surface area contributed by atoms with Gasteiger partial charge in [-0.1, -0.05) is 35.5 Å². The summed E-state index contributed by atoms with van der Waals surface area (Å²) in [6, 6.07) is 7.11. The largest absolute Gasteiger partial charge is 0.482 e. The highest BCUT2D eigenvalue weighted by atomic mass is 35.5. The van der Waals surface area contributed by atoms with Crippen molar-refractivity contribution in [2.45, 2.75) is 24.7 Å². The summed E-state index contributed by atoms with van der Waals surface area (Å²) in [5, 5.41) is 8.66. The summed E-state index contributed by atoms with van der Waals surface area (Å²) >= 11 is 7.28. The van der Waals surface area contributed by atoms with Gasteiger partial charge in [0.25, 0.3) is 11.1 Å². The predicted molar refractivity (Wildman–Crippen MR) is 86.8 cm³/mol. The molecule has 1 aromatic carbocycles. The molecule has 0 N–H and O–H groups in total. The van der Waals surface area contributed by atoms with E-state index >= 15 is 0 Å². The maximum atomic E-state index is 11.5. The van der Waals surface area contributed by atoms with Crippen molar-refractivity contribution in [2.75, 3.05) is 12.3 Å². The fourth-order valence-corrected chi connectivity index (χ4v) is 3.05. The average molecular weight is 368 g/mol. The zero-order valence-corrected chi connectivity index (χ0v) is 14.2. The van der Waals surface area contributed by atoms with Gasteiger partial charge in [-0.2, -0.15) is 0 Å². The second-order valence-corrected chi connectivity index (χ2v) is 6.42. The number of thioether (sulfide) groups is 1. The first kappa shape index (κ1) is 16.8. The quantitative estimate of drug-likeness (QED) is 0.549. The molecule has 0 aliphatic carbocycles. The van der Waals surface area contributed by atoms with Crippen molar-refractivity contribution in [1.29, 1.82) is 0 Å². The van der Waals surface area contributed by atoms with E-state index in [1.807, 2.05) is 12.1 Å². The van der Waals surface area contributed by atoms with Crippen LogP contribution in [0.1, 0.15) is 18.7 Å². The smallest absolute Gasteiger partial charge is 0.276 e. The van der Waals surface area contributed by atoms with Crippen LogP contribution in [0.5, 0.6) is 5.75 Å². The second-order valence-electron chi connectivity index (χ2n) is 4.97. The average Bonchev–Trinajstić information content (AvgIpc) is 3.15. The minimum atomic E-state index is -0.125. The van der Waals surface area contributed by atoms with Gasteiger partial charge in [0.05, 0.1) is 5.02 Å². The monoisotopic (exact) mass is 367 g/mol. The molecule has 1 saturated heterocycles. The lowest BCUT2D eigenvalue weighted by Gasteiger charge is -2.11. The van der Waals surface area contributed by atoms with Crippen molar-refractivity contribution in [3.63, 3.8) is 0 Å². The molecular formula is C15H14ClN3O4S. The van der Waals surface area contributed by atoms with Gasteiger partial charge in [-0.3, -0.25) is 14.5 Å². The van der Waals surface area contributed by atoms with Crippen LogP contribution < -0.4 is 4.74 Å². The van der Waals surface area contributed by atoms with Crippen molar-refractivity contribution < 1.29 is 18.7 Å². The zero-order chi connectivity index (χ0) is 16.9. The molecule has 24 heavy (non-hydrogen) atoms. The number of aromatic nitrogens is 2. The highest BCUT2D eigenvalue weighted by molar-refractivity contribution is 7.99. The maximum absolute atomic E-state index is 11.5. The van der Waals surface area contributed by atoms with E-state index in [9.17, 15) is 9.59 Å². The molecule has 9 heteroatoms. The number of ether oxygens (including phenoxy) is 1. The lowest BCUT2D eigenvalue weighted by molar-refractivity contribution is -0.137. The van der Waals surface area contributed by atoms with Gasteiger partial charge in [0, 0.05) is 25.1 Å². The van der Waals surface area contributed by atoms with Gasteiger partial charge in [-0.05, 0) is 12.1 Å². The highest BCUT2D eigenvalue weighted by Crippen LogP contribution is 2.24. The molecule has 2 heterocycles. The summed E-state index contributed by atoms with van der Waals surface area (Å²) in [5.41, 5.74) is 0. The second kappa shape index (κ2) is 7.67. The van der Waals surface area contributed by atoms with Gasteiger partial charge in [0.15, 0.2) is 6.61 Å². The van der Waals surface area contributed by atoms with E-state index in [1.165, 1.54) is 16.7 Å². The van der Waals surface area contributed by atoms with E-state index in [4.69, 9.17) is 20.8 Å². The Morgan fingerprint density at radius 1 is 1.21 bits per heavy atom. The Kier molecular flexibility index (Phi) is 5.37. The number of carbonyl (C=O) groups is 2. The third kappa shape index (κ3) is 4.07. The first-order chi connectivity index (χ1) is 11.6. The number of halogens is 1. The van der Waals surface area contributed by atoms with Crippen LogP contribution in [0.25, 0.3) is 0 Å². The van der Waals surface area contributed by atoms with Crippen molar-refractivity contribution >= 4 is 35.2 Å². The van der Waals surface area contributed by atoms with Crippen LogP contribution in [0.4, 0.5) is 0 Å². The number of hydrogen-bond acceptors (Lipinski definition) is 7. The van der Waals surface area contributed by atoms with Gasteiger partial charge in [0.2, 0.25) is 11.8 Å². The molecule has 1 aromatic heterocycles. The molecule has 0 spiro atoms. The number of amides is 2. The molecule has 126 valence electrons. The number of likely N-dealkylation sites (tertiary alicyclic amines) is 1. The molecule has 2 amide bonds. The lowest BCUT2D eigenvalue weighted by Crippen LogP contribution is -2.31. The Morgan fingerprint density at radius 3 is 2.71 bits per heavy atom. The molecule has 7 nitrogen and oxygen atoms in total. The van der Waals surface area contributed by atoms with E-state index < -0.39 is 0 Å². The molecule has 0 atom stereocenters. The molecule has 0 bridgehead atoms. The summed E-state index contributed by atoms with van der Waals surface area (Å²) in [7, 11) is 0. The Morgan fingerprint density at radius 2 is 1.96 bits per heavy atom. The van der Waals surface area contributed by atoms with E-state index in [1.54, 1.807) is 12.1 Å². The Hall–Kier alpha value is -2.06. The molecule has 0 saturated carbocycles. The van der Waals surface area contributed by atoms with Crippen LogP contribution in [0.15, 0.2) is 33.9 Å². The first-order valence-electron chi connectivity index (χ1n) is 7.29. The maximum Gasteiger partial charge on any atom is 0.276 e.